The van der Waals surface area contributed by atoms with Gasteiger partial charge >= 0.3 is 0 Å². The van der Waals surface area contributed by atoms with Crippen molar-refractivity contribution in [1.82, 2.24) is 4.98 Å². The summed E-state index contributed by atoms with van der Waals surface area (Å²) in [6.07, 6.45) is 5.60. The van der Waals surface area contributed by atoms with Crippen molar-refractivity contribution in [1.29, 1.82) is 0 Å². The quantitative estimate of drug-likeness (QED) is 0.639. The van der Waals surface area contributed by atoms with Crippen LogP contribution in [0.3, 0.4) is 0 Å². The van der Waals surface area contributed by atoms with Crippen LogP contribution in [0.5, 0.6) is 17.2 Å². The van der Waals surface area contributed by atoms with Gasteiger partial charge in [-0.1, -0.05) is 35.9 Å². The molecule has 1 aromatic heterocycles. The summed E-state index contributed by atoms with van der Waals surface area (Å²) in [7, 11) is 4.79. The Hall–Kier alpha value is -2.72. The van der Waals surface area contributed by atoms with Crippen molar-refractivity contribution in [2.45, 2.75) is 0 Å². The minimum Gasteiger partial charge on any atom is -0.493 e. The maximum absolute atomic E-state index is 6.22. The molecule has 4 nitrogen and oxygen atoms in total. The van der Waals surface area contributed by atoms with Crippen LogP contribution in [0.25, 0.3) is 22.9 Å². The molecule has 0 N–H and O–H groups in total. The van der Waals surface area contributed by atoms with Gasteiger partial charge in [-0.25, -0.2) is 0 Å². The van der Waals surface area contributed by atoms with Crippen molar-refractivity contribution in [3.63, 3.8) is 0 Å². The van der Waals surface area contributed by atoms with Gasteiger partial charge in [-0.3, -0.25) is 4.98 Å². The summed E-state index contributed by atoms with van der Waals surface area (Å²) in [6, 6.07) is 11.5. The van der Waals surface area contributed by atoms with E-state index < -0.39 is 0 Å². The zero-order chi connectivity index (χ0) is 17.8. The van der Waals surface area contributed by atoms with E-state index in [1.807, 2.05) is 48.6 Å². The maximum atomic E-state index is 6.22. The van der Waals surface area contributed by atoms with Crippen molar-refractivity contribution in [3.05, 3.63) is 58.9 Å². The predicted octanol–water partition coefficient (Wildman–Crippen LogP) is 5.08. The summed E-state index contributed by atoms with van der Waals surface area (Å²) < 4.78 is 16.5. The lowest BCUT2D eigenvalue weighted by Gasteiger charge is -2.15. The highest BCUT2D eigenvalue weighted by Crippen LogP contribution is 2.44. The fourth-order valence-electron chi connectivity index (χ4n) is 2.74. The Balaban J connectivity index is 2.21. The molecular formula is C20H18ClNO3. The summed E-state index contributed by atoms with van der Waals surface area (Å²) >= 11 is 6.22. The Morgan fingerprint density at radius 2 is 1.68 bits per heavy atom. The number of hydrogen-bond acceptors (Lipinski definition) is 4. The molecule has 5 heteroatoms. The lowest BCUT2D eigenvalue weighted by Crippen LogP contribution is -1.97. The molecule has 0 spiro atoms. The Labute approximate surface area is 151 Å². The molecule has 0 amide bonds. The molecular weight excluding hydrogens is 338 g/mol. The number of halogens is 1. The SMILES string of the molecule is COc1cc2ccnc(C=Cc3ccccc3Cl)c2c(OC)c1OC. The largest absolute Gasteiger partial charge is 0.493 e. The molecule has 0 aliphatic heterocycles. The summed E-state index contributed by atoms with van der Waals surface area (Å²) in [5, 5.41) is 2.49. The molecule has 0 radical (unpaired) electrons. The van der Waals surface area contributed by atoms with Crippen LogP contribution in [-0.2, 0) is 0 Å². The van der Waals surface area contributed by atoms with Crippen molar-refractivity contribution < 1.29 is 14.2 Å². The maximum Gasteiger partial charge on any atom is 0.204 e. The number of benzene rings is 2. The molecule has 3 rings (SSSR count). The van der Waals surface area contributed by atoms with Crippen LogP contribution in [0.2, 0.25) is 5.02 Å². The van der Waals surface area contributed by atoms with Crippen molar-refractivity contribution in [2.24, 2.45) is 0 Å². The van der Waals surface area contributed by atoms with Gasteiger partial charge in [0.15, 0.2) is 11.5 Å². The van der Waals surface area contributed by atoms with Crippen LogP contribution in [0, 0.1) is 0 Å². The minimum atomic E-state index is 0.540. The zero-order valence-electron chi connectivity index (χ0n) is 14.2. The van der Waals surface area contributed by atoms with E-state index >= 15 is 0 Å². The molecule has 128 valence electrons. The fourth-order valence-corrected chi connectivity index (χ4v) is 2.94. The van der Waals surface area contributed by atoms with E-state index in [4.69, 9.17) is 25.8 Å². The Morgan fingerprint density at radius 3 is 2.36 bits per heavy atom. The third-order valence-corrected chi connectivity index (χ3v) is 4.25. The van der Waals surface area contributed by atoms with E-state index in [2.05, 4.69) is 4.98 Å². The molecule has 0 saturated carbocycles. The molecule has 0 atom stereocenters. The topological polar surface area (TPSA) is 40.6 Å². The predicted molar refractivity (Wildman–Crippen MR) is 102 cm³/mol. The molecule has 0 aliphatic rings. The lowest BCUT2D eigenvalue weighted by molar-refractivity contribution is 0.327. The van der Waals surface area contributed by atoms with Gasteiger partial charge in [0, 0.05) is 11.2 Å². The molecule has 25 heavy (non-hydrogen) atoms. The number of rotatable bonds is 5. The van der Waals surface area contributed by atoms with Gasteiger partial charge in [-0.05, 0) is 35.2 Å². The summed E-state index contributed by atoms with van der Waals surface area (Å²) in [5.41, 5.74) is 1.68. The monoisotopic (exact) mass is 355 g/mol. The van der Waals surface area contributed by atoms with Crippen LogP contribution in [0.4, 0.5) is 0 Å². The molecule has 0 aliphatic carbocycles. The number of methoxy groups -OCH3 is 3. The first-order chi connectivity index (χ1) is 12.2. The highest BCUT2D eigenvalue weighted by Gasteiger charge is 2.18. The van der Waals surface area contributed by atoms with E-state index in [0.29, 0.717) is 22.3 Å². The standard InChI is InChI=1S/C20H18ClNO3/c1-23-17-12-14-10-11-22-16(18(14)20(25-3)19(17)24-2)9-8-13-6-4-5-7-15(13)21/h4-12H,1-3H3. The van der Waals surface area contributed by atoms with Crippen molar-refractivity contribution in [2.75, 3.05) is 21.3 Å². The highest BCUT2D eigenvalue weighted by molar-refractivity contribution is 6.32. The third-order valence-electron chi connectivity index (χ3n) is 3.91. The van der Waals surface area contributed by atoms with E-state index in [0.717, 1.165) is 22.0 Å². The second-order valence-electron chi connectivity index (χ2n) is 5.29. The number of ether oxygens (including phenoxy) is 3. The van der Waals surface area contributed by atoms with Gasteiger partial charge in [0.1, 0.15) is 0 Å². The zero-order valence-corrected chi connectivity index (χ0v) is 15.0. The molecule has 2 aromatic carbocycles. The van der Waals surface area contributed by atoms with Gasteiger partial charge in [0.2, 0.25) is 5.75 Å². The summed E-state index contributed by atoms with van der Waals surface area (Å²) in [5.74, 6) is 1.74. The van der Waals surface area contributed by atoms with Crippen LogP contribution in [0.1, 0.15) is 11.3 Å². The first kappa shape index (κ1) is 17.1. The van der Waals surface area contributed by atoms with Gasteiger partial charge in [-0.15, -0.1) is 0 Å². The van der Waals surface area contributed by atoms with Gasteiger partial charge < -0.3 is 14.2 Å². The van der Waals surface area contributed by atoms with Crippen LogP contribution >= 0.6 is 11.6 Å². The normalized spacial score (nSPS) is 11.0. The Bertz CT molecular complexity index is 938. The van der Waals surface area contributed by atoms with E-state index in [-0.39, 0.29) is 0 Å². The number of nitrogens with zero attached hydrogens (tertiary/aromatic N) is 1. The number of fused-ring (bicyclic) bond motifs is 1. The molecule has 3 aromatic rings. The van der Waals surface area contributed by atoms with Gasteiger partial charge in [0.25, 0.3) is 0 Å². The van der Waals surface area contributed by atoms with Crippen LogP contribution in [0.15, 0.2) is 42.6 Å². The molecule has 0 saturated heterocycles. The van der Waals surface area contributed by atoms with E-state index in [9.17, 15) is 0 Å². The lowest BCUT2D eigenvalue weighted by atomic mass is 10.1. The van der Waals surface area contributed by atoms with Crippen LogP contribution < -0.4 is 14.2 Å². The first-order valence-corrected chi connectivity index (χ1v) is 8.07. The highest BCUT2D eigenvalue weighted by atomic mass is 35.5. The van der Waals surface area contributed by atoms with Crippen LogP contribution in [-0.4, -0.2) is 26.3 Å². The molecule has 0 unspecified atom stereocenters. The minimum absolute atomic E-state index is 0.540. The fraction of sp³-hybridized carbons (Fsp3) is 0.150. The second kappa shape index (κ2) is 7.45. The summed E-state index contributed by atoms with van der Waals surface area (Å²) in [4.78, 5) is 4.48. The molecule has 1 heterocycles. The van der Waals surface area contributed by atoms with Gasteiger partial charge in [-0.2, -0.15) is 0 Å². The van der Waals surface area contributed by atoms with E-state index in [1.54, 1.807) is 27.5 Å². The number of pyridine rings is 1. The number of hydrogen-bond donors (Lipinski definition) is 0. The average Bonchev–Trinajstić information content (AvgIpc) is 2.65. The smallest absolute Gasteiger partial charge is 0.204 e. The summed E-state index contributed by atoms with van der Waals surface area (Å²) in [6.45, 7) is 0. The van der Waals surface area contributed by atoms with Gasteiger partial charge in [0.05, 0.1) is 32.4 Å². The number of aromatic nitrogens is 1. The Kier molecular flexibility index (Phi) is 5.10. The molecule has 0 fully saturated rings. The Morgan fingerprint density at radius 1 is 0.920 bits per heavy atom. The van der Waals surface area contributed by atoms with E-state index in [1.165, 1.54) is 0 Å². The second-order valence-corrected chi connectivity index (χ2v) is 5.70. The molecule has 0 bridgehead atoms. The first-order valence-electron chi connectivity index (χ1n) is 7.70. The average molecular weight is 356 g/mol. The third kappa shape index (κ3) is 3.26. The van der Waals surface area contributed by atoms with Crippen molar-refractivity contribution in [3.8, 4) is 17.2 Å². The van der Waals surface area contributed by atoms with Crippen molar-refractivity contribution >= 4 is 34.5 Å².